The molecule has 0 spiro atoms. The highest BCUT2D eigenvalue weighted by molar-refractivity contribution is 5.82. The van der Waals surface area contributed by atoms with E-state index >= 15 is 0 Å². The lowest BCUT2D eigenvalue weighted by Crippen LogP contribution is -2.41. The van der Waals surface area contributed by atoms with Crippen molar-refractivity contribution in [1.82, 2.24) is 9.80 Å². The van der Waals surface area contributed by atoms with Gasteiger partial charge in [-0.1, -0.05) is 30.3 Å². The van der Waals surface area contributed by atoms with Crippen LogP contribution in [-0.2, 0) is 9.53 Å². The topological polar surface area (TPSA) is 49.9 Å². The summed E-state index contributed by atoms with van der Waals surface area (Å²) in [7, 11) is 0. The first-order chi connectivity index (χ1) is 12.1. The molecule has 0 bridgehead atoms. The maximum absolute atomic E-state index is 12.7. The van der Waals surface area contributed by atoms with Crippen LogP contribution in [0.5, 0.6) is 0 Å². The van der Waals surface area contributed by atoms with Crippen molar-refractivity contribution < 1.29 is 14.3 Å². The highest BCUT2D eigenvalue weighted by atomic mass is 16.6. The number of hydrogen-bond acceptors (Lipinski definition) is 3. The van der Waals surface area contributed by atoms with E-state index in [0.29, 0.717) is 13.0 Å². The number of carbonyl (C=O) groups is 2. The zero-order chi connectivity index (χ0) is 17.4. The quantitative estimate of drug-likeness (QED) is 0.845. The lowest BCUT2D eigenvalue weighted by atomic mass is 10.0. The van der Waals surface area contributed by atoms with Crippen LogP contribution in [0, 0.1) is 0 Å². The van der Waals surface area contributed by atoms with E-state index in [9.17, 15) is 9.59 Å². The van der Waals surface area contributed by atoms with Gasteiger partial charge in [-0.15, -0.1) is 0 Å². The number of benzene rings is 1. The van der Waals surface area contributed by atoms with E-state index in [1.165, 1.54) is 0 Å². The summed E-state index contributed by atoms with van der Waals surface area (Å²) in [6.45, 7) is 2.77. The Kier molecular flexibility index (Phi) is 4.40. The van der Waals surface area contributed by atoms with Crippen molar-refractivity contribution in [3.63, 3.8) is 0 Å². The molecule has 0 radical (unpaired) electrons. The molecule has 2 saturated heterocycles. The van der Waals surface area contributed by atoms with Crippen molar-refractivity contribution in [2.75, 3.05) is 6.54 Å². The predicted molar refractivity (Wildman–Crippen MR) is 94.0 cm³/mol. The minimum atomic E-state index is -0.221. The van der Waals surface area contributed by atoms with Gasteiger partial charge in [0, 0.05) is 13.0 Å². The summed E-state index contributed by atoms with van der Waals surface area (Å²) in [5, 5.41) is 0. The summed E-state index contributed by atoms with van der Waals surface area (Å²) < 4.78 is 5.68. The number of likely N-dealkylation sites (tertiary alicyclic amines) is 2. The van der Waals surface area contributed by atoms with E-state index < -0.39 is 0 Å². The largest absolute Gasteiger partial charge is 0.446 e. The SMILES string of the molecule is C[C@H](c1ccccc1)N1C(=O)C[C@H]2[C@@H]1CCN2C(=O)OC1CCCC1. The maximum atomic E-state index is 12.7. The third-order valence-electron chi connectivity index (χ3n) is 6.04. The van der Waals surface area contributed by atoms with Crippen LogP contribution >= 0.6 is 0 Å². The molecule has 1 aromatic carbocycles. The van der Waals surface area contributed by atoms with E-state index in [1.54, 1.807) is 4.90 Å². The molecule has 5 heteroatoms. The molecular weight excluding hydrogens is 316 g/mol. The van der Waals surface area contributed by atoms with Gasteiger partial charge in [0.1, 0.15) is 6.10 Å². The second kappa shape index (κ2) is 6.70. The number of nitrogens with zero attached hydrogens (tertiary/aromatic N) is 2. The molecule has 2 heterocycles. The van der Waals surface area contributed by atoms with Crippen LogP contribution in [0.4, 0.5) is 4.79 Å². The van der Waals surface area contributed by atoms with Gasteiger partial charge in [-0.2, -0.15) is 0 Å². The van der Waals surface area contributed by atoms with Crippen LogP contribution in [0.15, 0.2) is 30.3 Å². The lowest BCUT2D eigenvalue weighted by Gasteiger charge is -2.31. The molecule has 25 heavy (non-hydrogen) atoms. The molecule has 3 aliphatic rings. The highest BCUT2D eigenvalue weighted by Crippen LogP contribution is 2.38. The molecule has 0 N–H and O–H groups in total. The summed E-state index contributed by atoms with van der Waals surface area (Å²) in [4.78, 5) is 29.0. The van der Waals surface area contributed by atoms with Gasteiger partial charge in [-0.05, 0) is 44.6 Å². The monoisotopic (exact) mass is 342 g/mol. The van der Waals surface area contributed by atoms with E-state index in [2.05, 4.69) is 19.1 Å². The fraction of sp³-hybridized carbons (Fsp3) is 0.600. The first kappa shape index (κ1) is 16.4. The van der Waals surface area contributed by atoms with Gasteiger partial charge in [0.2, 0.25) is 5.91 Å². The van der Waals surface area contributed by atoms with Gasteiger partial charge in [0.15, 0.2) is 0 Å². The number of rotatable bonds is 3. The average Bonchev–Trinajstić information content (AvgIpc) is 3.32. The molecule has 2 amide bonds. The molecule has 4 rings (SSSR count). The Morgan fingerprint density at radius 3 is 2.56 bits per heavy atom. The van der Waals surface area contributed by atoms with Gasteiger partial charge in [-0.3, -0.25) is 4.79 Å². The van der Waals surface area contributed by atoms with E-state index in [4.69, 9.17) is 4.74 Å². The summed E-state index contributed by atoms with van der Waals surface area (Å²) in [6, 6.07) is 10.2. The van der Waals surface area contributed by atoms with Crippen LogP contribution in [0.2, 0.25) is 0 Å². The molecule has 5 nitrogen and oxygen atoms in total. The van der Waals surface area contributed by atoms with E-state index in [-0.39, 0.29) is 36.2 Å². The normalized spacial score (nSPS) is 27.6. The zero-order valence-corrected chi connectivity index (χ0v) is 14.8. The zero-order valence-electron chi connectivity index (χ0n) is 14.8. The van der Waals surface area contributed by atoms with Crippen molar-refractivity contribution in [2.24, 2.45) is 0 Å². The van der Waals surface area contributed by atoms with Crippen molar-refractivity contribution in [1.29, 1.82) is 0 Å². The summed E-state index contributed by atoms with van der Waals surface area (Å²) in [6.07, 6.45) is 5.35. The third-order valence-corrected chi connectivity index (χ3v) is 6.04. The molecule has 1 saturated carbocycles. The molecule has 1 aliphatic carbocycles. The molecule has 0 unspecified atom stereocenters. The fourth-order valence-corrected chi connectivity index (χ4v) is 4.72. The minimum Gasteiger partial charge on any atom is -0.446 e. The second-order valence-corrected chi connectivity index (χ2v) is 7.50. The molecule has 3 fully saturated rings. The Labute approximate surface area is 148 Å². The Balaban J connectivity index is 1.46. The van der Waals surface area contributed by atoms with Crippen LogP contribution in [0.25, 0.3) is 0 Å². The first-order valence-corrected chi connectivity index (χ1v) is 9.48. The minimum absolute atomic E-state index is 0.0347. The number of ether oxygens (including phenoxy) is 1. The van der Waals surface area contributed by atoms with Crippen LogP contribution < -0.4 is 0 Å². The number of hydrogen-bond donors (Lipinski definition) is 0. The molecular formula is C20H26N2O3. The van der Waals surface area contributed by atoms with Crippen LogP contribution in [-0.4, -0.2) is 46.5 Å². The van der Waals surface area contributed by atoms with Crippen LogP contribution in [0.3, 0.4) is 0 Å². The van der Waals surface area contributed by atoms with Crippen molar-refractivity contribution in [3.8, 4) is 0 Å². The van der Waals surface area contributed by atoms with Crippen molar-refractivity contribution >= 4 is 12.0 Å². The Morgan fingerprint density at radius 1 is 1.12 bits per heavy atom. The number of carbonyl (C=O) groups excluding carboxylic acids is 2. The average molecular weight is 342 g/mol. The maximum Gasteiger partial charge on any atom is 0.410 e. The van der Waals surface area contributed by atoms with Crippen LogP contribution in [0.1, 0.15) is 57.1 Å². The van der Waals surface area contributed by atoms with Gasteiger partial charge in [0.05, 0.1) is 18.1 Å². The number of fused-ring (bicyclic) bond motifs is 1. The van der Waals surface area contributed by atoms with Crippen molar-refractivity contribution in [3.05, 3.63) is 35.9 Å². The highest BCUT2D eigenvalue weighted by Gasteiger charge is 2.50. The Bertz CT molecular complexity index is 642. The van der Waals surface area contributed by atoms with Gasteiger partial charge >= 0.3 is 6.09 Å². The second-order valence-electron chi connectivity index (χ2n) is 7.50. The van der Waals surface area contributed by atoms with E-state index in [0.717, 1.165) is 37.7 Å². The van der Waals surface area contributed by atoms with Crippen molar-refractivity contribution in [2.45, 2.75) is 69.7 Å². The fourth-order valence-electron chi connectivity index (χ4n) is 4.72. The smallest absolute Gasteiger partial charge is 0.410 e. The lowest BCUT2D eigenvalue weighted by molar-refractivity contribution is -0.131. The van der Waals surface area contributed by atoms with Gasteiger partial charge in [0.25, 0.3) is 0 Å². The van der Waals surface area contributed by atoms with Gasteiger partial charge in [-0.25, -0.2) is 4.79 Å². The standard InChI is InChI=1S/C20H26N2O3/c1-14(15-7-3-2-4-8-15)22-17-11-12-21(18(17)13-19(22)23)20(24)25-16-9-5-6-10-16/h2-4,7-8,14,16-18H,5-6,9-13H2,1H3/t14-,17+,18+/m1/s1. The van der Waals surface area contributed by atoms with E-state index in [1.807, 2.05) is 23.1 Å². The molecule has 134 valence electrons. The number of amides is 2. The molecule has 0 aromatic heterocycles. The summed E-state index contributed by atoms with van der Waals surface area (Å²) in [5.74, 6) is 0.143. The first-order valence-electron chi connectivity index (χ1n) is 9.48. The summed E-state index contributed by atoms with van der Waals surface area (Å²) >= 11 is 0. The van der Waals surface area contributed by atoms with Gasteiger partial charge < -0.3 is 14.5 Å². The predicted octanol–water partition coefficient (Wildman–Crippen LogP) is 3.50. The Morgan fingerprint density at radius 2 is 1.84 bits per heavy atom. The molecule has 2 aliphatic heterocycles. The Hall–Kier alpha value is -2.04. The molecule has 1 aromatic rings. The summed E-state index contributed by atoms with van der Waals surface area (Å²) in [5.41, 5.74) is 1.14. The molecule has 3 atom stereocenters. The third kappa shape index (κ3) is 3.00.